The van der Waals surface area contributed by atoms with Crippen molar-refractivity contribution >= 4 is 54.0 Å². The zero-order valence-corrected chi connectivity index (χ0v) is 21.2. The summed E-state index contributed by atoms with van der Waals surface area (Å²) in [5.41, 5.74) is 3.04. The average molecular weight is 512 g/mol. The summed E-state index contributed by atoms with van der Waals surface area (Å²) in [6.45, 7) is 3.15. The van der Waals surface area contributed by atoms with Crippen molar-refractivity contribution in [2.45, 2.75) is 30.5 Å². The summed E-state index contributed by atoms with van der Waals surface area (Å²) < 4.78 is 28.7. The van der Waals surface area contributed by atoms with Crippen LogP contribution in [0.1, 0.15) is 24.0 Å². The minimum absolute atomic E-state index is 0.00809. The van der Waals surface area contributed by atoms with Crippen LogP contribution in [-0.2, 0) is 21.4 Å². The lowest BCUT2D eigenvalue weighted by Gasteiger charge is -2.32. The summed E-state index contributed by atoms with van der Waals surface area (Å²) >= 11 is 2.75. The second kappa shape index (κ2) is 9.58. The molecule has 1 aliphatic rings. The number of carbonyl (C=O) groups excluding carboxylic acids is 1. The molecule has 2 aromatic carbocycles. The molecule has 0 N–H and O–H groups in total. The fourth-order valence-corrected chi connectivity index (χ4v) is 7.96. The summed E-state index contributed by atoms with van der Waals surface area (Å²) in [6, 6.07) is 19.4. The van der Waals surface area contributed by atoms with Crippen molar-refractivity contribution in [3.63, 3.8) is 0 Å². The zero-order chi connectivity index (χ0) is 23.7. The number of fused-ring (bicyclic) bond motifs is 1. The number of benzene rings is 2. The predicted octanol–water partition coefficient (Wildman–Crippen LogP) is 5.30. The molecular weight excluding hydrogens is 486 g/mol. The van der Waals surface area contributed by atoms with Gasteiger partial charge in [0.25, 0.3) is 10.0 Å². The lowest BCUT2D eigenvalue weighted by molar-refractivity contribution is -0.123. The van der Waals surface area contributed by atoms with Crippen LogP contribution in [0, 0.1) is 12.8 Å². The van der Waals surface area contributed by atoms with Gasteiger partial charge in [-0.3, -0.25) is 9.69 Å². The number of piperidine rings is 1. The monoisotopic (exact) mass is 511 g/mol. The van der Waals surface area contributed by atoms with Gasteiger partial charge >= 0.3 is 0 Å². The third-order valence-electron chi connectivity index (χ3n) is 6.18. The van der Waals surface area contributed by atoms with Gasteiger partial charge in [0.2, 0.25) is 5.91 Å². The fraction of sp³-hybridized carbons (Fsp3) is 0.280. The Balaban J connectivity index is 1.39. The van der Waals surface area contributed by atoms with E-state index < -0.39 is 10.0 Å². The molecule has 0 radical (unpaired) electrons. The second-order valence-electron chi connectivity index (χ2n) is 8.44. The van der Waals surface area contributed by atoms with Gasteiger partial charge in [0, 0.05) is 19.0 Å². The van der Waals surface area contributed by atoms with Gasteiger partial charge in [0.1, 0.15) is 4.21 Å². The zero-order valence-electron chi connectivity index (χ0n) is 18.8. The molecule has 0 spiro atoms. The van der Waals surface area contributed by atoms with E-state index in [1.54, 1.807) is 22.4 Å². The van der Waals surface area contributed by atoms with E-state index in [9.17, 15) is 13.2 Å². The minimum atomic E-state index is -3.49. The van der Waals surface area contributed by atoms with Gasteiger partial charge in [-0.15, -0.1) is 11.3 Å². The Morgan fingerprint density at radius 1 is 1.06 bits per heavy atom. The highest BCUT2D eigenvalue weighted by atomic mass is 32.2. The van der Waals surface area contributed by atoms with E-state index in [1.807, 2.05) is 55.5 Å². The normalized spacial score (nSPS) is 15.6. The van der Waals surface area contributed by atoms with E-state index >= 15 is 0 Å². The quantitative estimate of drug-likeness (QED) is 0.352. The van der Waals surface area contributed by atoms with E-state index in [4.69, 9.17) is 4.98 Å². The molecule has 0 aliphatic carbocycles. The number of aryl methyl sites for hydroxylation is 1. The first-order valence-electron chi connectivity index (χ1n) is 11.2. The Hall–Kier alpha value is -2.59. The summed E-state index contributed by atoms with van der Waals surface area (Å²) in [5.74, 6) is -0.236. The molecule has 0 saturated carbocycles. The molecule has 1 saturated heterocycles. The van der Waals surface area contributed by atoms with Crippen LogP contribution in [0.15, 0.2) is 70.3 Å². The summed E-state index contributed by atoms with van der Waals surface area (Å²) in [5, 5.41) is 2.46. The molecule has 2 aromatic heterocycles. The molecule has 3 heterocycles. The molecule has 1 amide bonds. The Kier molecular flexibility index (Phi) is 6.52. The largest absolute Gasteiger partial charge is 0.283 e. The Bertz CT molecular complexity index is 1390. The summed E-state index contributed by atoms with van der Waals surface area (Å²) in [7, 11) is -3.49. The maximum atomic E-state index is 13.8. The van der Waals surface area contributed by atoms with Crippen molar-refractivity contribution < 1.29 is 13.2 Å². The van der Waals surface area contributed by atoms with Gasteiger partial charge in [0.05, 0.1) is 16.8 Å². The third-order valence-corrected chi connectivity index (χ3v) is 10.5. The highest BCUT2D eigenvalue weighted by Gasteiger charge is 2.35. The number of rotatable bonds is 6. The molecule has 1 aliphatic heterocycles. The van der Waals surface area contributed by atoms with Crippen LogP contribution in [0.2, 0.25) is 0 Å². The van der Waals surface area contributed by atoms with Crippen molar-refractivity contribution in [3.05, 3.63) is 77.2 Å². The Labute approximate surface area is 207 Å². The van der Waals surface area contributed by atoms with Gasteiger partial charge < -0.3 is 0 Å². The van der Waals surface area contributed by atoms with Gasteiger partial charge in [-0.1, -0.05) is 59.9 Å². The van der Waals surface area contributed by atoms with Crippen molar-refractivity contribution in [1.82, 2.24) is 9.29 Å². The molecule has 0 unspecified atom stereocenters. The van der Waals surface area contributed by atoms with E-state index in [-0.39, 0.29) is 11.8 Å². The summed E-state index contributed by atoms with van der Waals surface area (Å²) in [4.78, 5) is 20.4. The number of nitrogens with zero attached hydrogens (tertiary/aromatic N) is 3. The molecule has 176 valence electrons. The first-order valence-corrected chi connectivity index (χ1v) is 14.3. The Morgan fingerprint density at radius 2 is 1.82 bits per heavy atom. The molecular formula is C25H25N3O3S3. The maximum absolute atomic E-state index is 13.8. The number of hydrogen-bond acceptors (Lipinski definition) is 6. The van der Waals surface area contributed by atoms with Crippen molar-refractivity contribution in [2.24, 2.45) is 5.92 Å². The smallest absolute Gasteiger partial charge is 0.252 e. The number of thiazole rings is 1. The van der Waals surface area contributed by atoms with Crippen LogP contribution in [0.25, 0.3) is 10.2 Å². The number of aromatic nitrogens is 1. The Morgan fingerprint density at radius 3 is 2.50 bits per heavy atom. The predicted molar refractivity (Wildman–Crippen MR) is 138 cm³/mol. The first-order chi connectivity index (χ1) is 16.4. The number of anilines is 1. The van der Waals surface area contributed by atoms with Crippen LogP contribution >= 0.6 is 22.7 Å². The van der Waals surface area contributed by atoms with Crippen LogP contribution < -0.4 is 4.90 Å². The van der Waals surface area contributed by atoms with Gasteiger partial charge in [-0.2, -0.15) is 4.31 Å². The van der Waals surface area contributed by atoms with Gasteiger partial charge in [0.15, 0.2) is 5.13 Å². The van der Waals surface area contributed by atoms with E-state index in [0.29, 0.717) is 41.8 Å². The molecule has 0 bridgehead atoms. The molecule has 34 heavy (non-hydrogen) atoms. The highest BCUT2D eigenvalue weighted by molar-refractivity contribution is 7.91. The van der Waals surface area contributed by atoms with Gasteiger partial charge in [-0.25, -0.2) is 13.4 Å². The van der Waals surface area contributed by atoms with E-state index in [2.05, 4.69) is 0 Å². The van der Waals surface area contributed by atoms with Crippen LogP contribution in [0.4, 0.5) is 5.13 Å². The lowest BCUT2D eigenvalue weighted by Crippen LogP contribution is -2.44. The number of carbonyl (C=O) groups is 1. The molecule has 9 heteroatoms. The molecule has 5 rings (SSSR count). The van der Waals surface area contributed by atoms with Crippen LogP contribution in [-0.4, -0.2) is 36.7 Å². The lowest BCUT2D eigenvalue weighted by atomic mass is 9.96. The summed E-state index contributed by atoms with van der Waals surface area (Å²) in [6.07, 6.45) is 0.997. The molecule has 6 nitrogen and oxygen atoms in total. The number of hydrogen-bond donors (Lipinski definition) is 0. The van der Waals surface area contributed by atoms with Crippen molar-refractivity contribution in [1.29, 1.82) is 0 Å². The van der Waals surface area contributed by atoms with Crippen molar-refractivity contribution in [3.8, 4) is 0 Å². The number of amides is 1. The minimum Gasteiger partial charge on any atom is -0.283 e. The number of thiophene rings is 1. The molecule has 1 fully saturated rings. The van der Waals surface area contributed by atoms with Crippen LogP contribution in [0.3, 0.4) is 0 Å². The number of para-hydroxylation sites is 1. The number of sulfonamides is 1. The van der Waals surface area contributed by atoms with E-state index in [0.717, 1.165) is 21.3 Å². The van der Waals surface area contributed by atoms with Crippen LogP contribution in [0.5, 0.6) is 0 Å². The average Bonchev–Trinajstić information content (AvgIpc) is 3.54. The van der Waals surface area contributed by atoms with Gasteiger partial charge in [-0.05, 0) is 48.4 Å². The fourth-order valence-electron chi connectivity index (χ4n) is 4.30. The molecule has 4 aromatic rings. The SMILES string of the molecule is Cc1cccc2sc(N(Cc3ccccc3)C(=O)C3CCN(S(=O)(=O)c4cccs4)CC3)nc12. The second-order valence-corrected chi connectivity index (χ2v) is 12.6. The molecule has 0 atom stereocenters. The maximum Gasteiger partial charge on any atom is 0.252 e. The topological polar surface area (TPSA) is 70.6 Å². The van der Waals surface area contributed by atoms with E-state index in [1.165, 1.54) is 27.0 Å². The van der Waals surface area contributed by atoms with Crippen molar-refractivity contribution in [2.75, 3.05) is 18.0 Å². The standard InChI is InChI=1S/C25H25N3O3S3/c1-18-7-5-10-21-23(18)26-25(33-21)28(17-19-8-3-2-4-9-19)24(29)20-12-14-27(15-13-20)34(30,31)22-11-6-16-32-22/h2-11,16,20H,12-15,17H2,1H3. The highest BCUT2D eigenvalue weighted by Crippen LogP contribution is 2.34. The first kappa shape index (κ1) is 23.2. The third kappa shape index (κ3) is 4.53.